The summed E-state index contributed by atoms with van der Waals surface area (Å²) in [5, 5.41) is 19.6. The van der Waals surface area contributed by atoms with Crippen LogP contribution in [0.1, 0.15) is 10.4 Å². The Morgan fingerprint density at radius 2 is 2.15 bits per heavy atom. The van der Waals surface area contributed by atoms with Crippen LogP contribution in [0.2, 0.25) is 0 Å². The van der Waals surface area contributed by atoms with Gasteiger partial charge in [-0.15, -0.1) is 0 Å². The third kappa shape index (κ3) is 4.17. The SMILES string of the molecule is COCCS(=O)(=O)Nc1ccc(C(=O)O)cc1[N+](=O)[O-]. The van der Waals surface area contributed by atoms with Crippen molar-refractivity contribution in [3.63, 3.8) is 0 Å². The summed E-state index contributed by atoms with van der Waals surface area (Å²) in [5.74, 6) is -1.72. The van der Waals surface area contributed by atoms with Crippen LogP contribution in [-0.4, -0.2) is 43.9 Å². The van der Waals surface area contributed by atoms with Crippen molar-refractivity contribution in [3.05, 3.63) is 33.9 Å². The summed E-state index contributed by atoms with van der Waals surface area (Å²) in [5.41, 5.74) is -1.24. The summed E-state index contributed by atoms with van der Waals surface area (Å²) < 4.78 is 29.9. The molecule has 20 heavy (non-hydrogen) atoms. The van der Waals surface area contributed by atoms with Gasteiger partial charge < -0.3 is 9.84 Å². The molecule has 1 aromatic carbocycles. The van der Waals surface area contributed by atoms with E-state index in [0.29, 0.717) is 0 Å². The predicted molar refractivity (Wildman–Crippen MR) is 69.3 cm³/mol. The van der Waals surface area contributed by atoms with Gasteiger partial charge in [-0.25, -0.2) is 13.2 Å². The fourth-order valence-corrected chi connectivity index (χ4v) is 2.31. The first-order valence-electron chi connectivity index (χ1n) is 5.28. The van der Waals surface area contributed by atoms with Gasteiger partial charge >= 0.3 is 5.97 Å². The Bertz CT molecular complexity index is 626. The number of nitrogens with zero attached hydrogens (tertiary/aromatic N) is 1. The van der Waals surface area contributed by atoms with Crippen LogP contribution in [0.15, 0.2) is 18.2 Å². The second-order valence-corrected chi connectivity index (χ2v) is 5.55. The fraction of sp³-hybridized carbons (Fsp3) is 0.300. The average Bonchev–Trinajstić information content (AvgIpc) is 2.36. The maximum atomic E-state index is 11.6. The van der Waals surface area contributed by atoms with Crippen molar-refractivity contribution in [2.75, 3.05) is 24.2 Å². The normalized spacial score (nSPS) is 11.1. The maximum absolute atomic E-state index is 11.6. The highest BCUT2D eigenvalue weighted by Gasteiger charge is 2.21. The zero-order valence-electron chi connectivity index (χ0n) is 10.4. The molecule has 0 aliphatic rings. The van der Waals surface area contributed by atoms with E-state index >= 15 is 0 Å². The lowest BCUT2D eigenvalue weighted by Gasteiger charge is -2.08. The summed E-state index contributed by atoms with van der Waals surface area (Å²) in [7, 11) is -2.49. The van der Waals surface area contributed by atoms with Gasteiger partial charge in [0, 0.05) is 13.2 Å². The lowest BCUT2D eigenvalue weighted by atomic mass is 10.2. The first kappa shape index (κ1) is 15.9. The van der Waals surface area contributed by atoms with Crippen molar-refractivity contribution in [1.82, 2.24) is 0 Å². The highest BCUT2D eigenvalue weighted by molar-refractivity contribution is 7.92. The van der Waals surface area contributed by atoms with E-state index in [4.69, 9.17) is 5.11 Å². The van der Waals surface area contributed by atoms with Gasteiger partial charge in [0.25, 0.3) is 5.69 Å². The lowest BCUT2D eigenvalue weighted by molar-refractivity contribution is -0.383. The van der Waals surface area contributed by atoms with E-state index in [2.05, 4.69) is 4.74 Å². The fourth-order valence-electron chi connectivity index (χ4n) is 1.31. The van der Waals surface area contributed by atoms with Crippen LogP contribution in [-0.2, 0) is 14.8 Å². The number of rotatable bonds is 7. The lowest BCUT2D eigenvalue weighted by Crippen LogP contribution is -2.20. The number of methoxy groups -OCH3 is 1. The first-order valence-corrected chi connectivity index (χ1v) is 6.93. The number of carboxylic acid groups (broad SMARTS) is 1. The van der Waals surface area contributed by atoms with Crippen molar-refractivity contribution in [3.8, 4) is 0 Å². The Labute approximate surface area is 114 Å². The molecular weight excluding hydrogens is 292 g/mol. The highest BCUT2D eigenvalue weighted by Crippen LogP contribution is 2.26. The van der Waals surface area contributed by atoms with Gasteiger partial charge in [0.15, 0.2) is 0 Å². The Morgan fingerprint density at radius 1 is 1.50 bits per heavy atom. The molecule has 0 bridgehead atoms. The number of carboxylic acids is 1. The summed E-state index contributed by atoms with van der Waals surface area (Å²) in [6.45, 7) is -0.0731. The molecule has 0 atom stereocenters. The van der Waals surface area contributed by atoms with Crippen LogP contribution < -0.4 is 4.72 Å². The second kappa shape index (κ2) is 6.30. The van der Waals surface area contributed by atoms with Crippen LogP contribution in [0.5, 0.6) is 0 Å². The van der Waals surface area contributed by atoms with Gasteiger partial charge in [0.05, 0.1) is 22.8 Å². The topological polar surface area (TPSA) is 136 Å². The zero-order valence-corrected chi connectivity index (χ0v) is 11.2. The number of aromatic carboxylic acids is 1. The Morgan fingerprint density at radius 3 is 2.65 bits per heavy atom. The third-order valence-electron chi connectivity index (χ3n) is 2.26. The van der Waals surface area contributed by atoms with Crippen molar-refractivity contribution in [2.45, 2.75) is 0 Å². The van der Waals surface area contributed by atoms with Crippen LogP contribution in [0.4, 0.5) is 11.4 Å². The molecule has 10 heteroatoms. The summed E-state index contributed by atoms with van der Waals surface area (Å²) >= 11 is 0. The minimum atomic E-state index is -3.81. The highest BCUT2D eigenvalue weighted by atomic mass is 32.2. The van der Waals surface area contributed by atoms with E-state index < -0.39 is 26.6 Å². The Balaban J connectivity index is 3.12. The number of benzene rings is 1. The number of nitro benzene ring substituents is 1. The van der Waals surface area contributed by atoms with Crippen LogP contribution in [0.25, 0.3) is 0 Å². The van der Waals surface area contributed by atoms with E-state index in [1.54, 1.807) is 0 Å². The smallest absolute Gasteiger partial charge is 0.335 e. The van der Waals surface area contributed by atoms with Gasteiger partial charge in [-0.2, -0.15) is 0 Å². The molecule has 0 aliphatic carbocycles. The first-order chi connectivity index (χ1) is 9.26. The molecule has 0 fully saturated rings. The second-order valence-electron chi connectivity index (χ2n) is 3.71. The molecule has 2 N–H and O–H groups in total. The van der Waals surface area contributed by atoms with Gasteiger partial charge in [0.1, 0.15) is 5.69 Å². The standard InChI is InChI=1S/C10H12N2O7S/c1-19-4-5-20(17,18)11-8-3-2-7(10(13)14)6-9(8)12(15)16/h2-3,6,11H,4-5H2,1H3,(H,13,14). The Kier molecular flexibility index (Phi) is 5.00. The molecule has 0 unspecified atom stereocenters. The number of anilines is 1. The summed E-state index contributed by atoms with van der Waals surface area (Å²) in [6.07, 6.45) is 0. The quantitative estimate of drug-likeness (QED) is 0.558. The molecule has 110 valence electrons. The van der Waals surface area contributed by atoms with Gasteiger partial charge in [-0.1, -0.05) is 0 Å². The number of nitrogens with one attached hydrogen (secondary N) is 1. The number of sulfonamides is 1. The van der Waals surface area contributed by atoms with Crippen molar-refractivity contribution < 1.29 is 28.0 Å². The van der Waals surface area contributed by atoms with E-state index in [9.17, 15) is 23.3 Å². The number of hydrogen-bond acceptors (Lipinski definition) is 6. The molecule has 0 saturated carbocycles. The monoisotopic (exact) mass is 304 g/mol. The number of ether oxygens (including phenoxy) is 1. The largest absolute Gasteiger partial charge is 0.478 e. The predicted octanol–water partition coefficient (Wildman–Crippen LogP) is 0.681. The van der Waals surface area contributed by atoms with Crippen LogP contribution >= 0.6 is 0 Å². The Hall–Kier alpha value is -2.20. The molecular formula is C10H12N2O7S. The van der Waals surface area contributed by atoms with E-state index in [-0.39, 0.29) is 23.6 Å². The summed E-state index contributed by atoms with van der Waals surface area (Å²) in [6, 6.07) is 2.89. The van der Waals surface area contributed by atoms with Gasteiger partial charge in [-0.05, 0) is 12.1 Å². The molecule has 0 aliphatic heterocycles. The zero-order chi connectivity index (χ0) is 15.3. The van der Waals surface area contributed by atoms with Gasteiger partial charge in [-0.3, -0.25) is 14.8 Å². The molecule has 0 amide bonds. The molecule has 9 nitrogen and oxygen atoms in total. The van der Waals surface area contributed by atoms with E-state index in [0.717, 1.165) is 18.2 Å². The third-order valence-corrected chi connectivity index (χ3v) is 3.50. The van der Waals surface area contributed by atoms with E-state index in [1.165, 1.54) is 7.11 Å². The maximum Gasteiger partial charge on any atom is 0.335 e. The average molecular weight is 304 g/mol. The number of nitro groups is 1. The van der Waals surface area contributed by atoms with Crippen molar-refractivity contribution >= 4 is 27.4 Å². The molecule has 0 radical (unpaired) electrons. The minimum Gasteiger partial charge on any atom is -0.478 e. The van der Waals surface area contributed by atoms with Crippen molar-refractivity contribution in [1.29, 1.82) is 0 Å². The summed E-state index contributed by atoms with van der Waals surface area (Å²) in [4.78, 5) is 20.7. The number of carbonyl (C=O) groups is 1. The molecule has 1 rings (SSSR count). The van der Waals surface area contributed by atoms with Crippen LogP contribution in [0, 0.1) is 10.1 Å². The number of hydrogen-bond donors (Lipinski definition) is 2. The molecule has 0 saturated heterocycles. The molecule has 0 heterocycles. The minimum absolute atomic E-state index is 0.0731. The van der Waals surface area contributed by atoms with Crippen molar-refractivity contribution in [2.24, 2.45) is 0 Å². The molecule has 0 aromatic heterocycles. The van der Waals surface area contributed by atoms with Crippen LogP contribution in [0.3, 0.4) is 0 Å². The molecule has 1 aromatic rings. The molecule has 0 spiro atoms. The van der Waals surface area contributed by atoms with E-state index in [1.807, 2.05) is 4.72 Å². The van der Waals surface area contributed by atoms with Gasteiger partial charge in [0.2, 0.25) is 10.0 Å².